The summed E-state index contributed by atoms with van der Waals surface area (Å²) in [5.41, 5.74) is 1.26. The largest absolute Gasteiger partial charge is 0.507 e. The number of benzene rings is 2. The summed E-state index contributed by atoms with van der Waals surface area (Å²) in [6.45, 7) is 1.66. The highest BCUT2D eigenvalue weighted by Crippen LogP contribution is 2.29. The molecule has 0 unspecified atom stereocenters. The van der Waals surface area contributed by atoms with Crippen molar-refractivity contribution in [3.63, 3.8) is 0 Å². The summed E-state index contributed by atoms with van der Waals surface area (Å²) in [5, 5.41) is 10.2. The predicted molar refractivity (Wildman–Crippen MR) is 80.1 cm³/mol. The van der Waals surface area contributed by atoms with Crippen molar-refractivity contribution in [1.82, 2.24) is 4.98 Å². The van der Waals surface area contributed by atoms with Crippen molar-refractivity contribution < 1.29 is 13.9 Å². The van der Waals surface area contributed by atoms with E-state index in [1.807, 2.05) is 0 Å². The molecule has 5 heteroatoms. The van der Waals surface area contributed by atoms with Gasteiger partial charge in [-0.2, -0.15) is 0 Å². The van der Waals surface area contributed by atoms with Crippen LogP contribution in [0.15, 0.2) is 41.2 Å². The normalized spacial score (nSPS) is 11.0. The van der Waals surface area contributed by atoms with E-state index in [9.17, 15) is 18.7 Å². The Labute approximate surface area is 124 Å². The highest BCUT2D eigenvalue weighted by atomic mass is 19.1. The minimum atomic E-state index is -0.596. The standard InChI is InChI=1S/C17H13F2NO2/c1-9-12(8-10-2-4-11(18)5-3-10)17(22)20-16-13(19)6-7-14(21)15(9)16/h2-7,21H,8H2,1H3,(H,20,22). The number of phenols is 1. The van der Waals surface area contributed by atoms with Crippen LogP contribution in [0.3, 0.4) is 0 Å². The summed E-state index contributed by atoms with van der Waals surface area (Å²) in [4.78, 5) is 14.7. The molecule has 3 nitrogen and oxygen atoms in total. The molecule has 1 heterocycles. The van der Waals surface area contributed by atoms with Gasteiger partial charge in [0.05, 0.1) is 5.52 Å². The van der Waals surface area contributed by atoms with E-state index >= 15 is 0 Å². The predicted octanol–water partition coefficient (Wildman–Crippen LogP) is 3.41. The van der Waals surface area contributed by atoms with Crippen LogP contribution in [0.1, 0.15) is 16.7 Å². The highest BCUT2D eigenvalue weighted by molar-refractivity contribution is 5.89. The molecule has 0 spiro atoms. The molecule has 0 amide bonds. The van der Waals surface area contributed by atoms with Gasteiger partial charge in [-0.05, 0) is 42.3 Å². The average molecular weight is 301 g/mol. The van der Waals surface area contributed by atoms with E-state index in [0.717, 1.165) is 11.6 Å². The first-order valence-electron chi connectivity index (χ1n) is 6.74. The second kappa shape index (κ2) is 5.26. The third kappa shape index (κ3) is 2.35. The second-order valence-electron chi connectivity index (χ2n) is 5.18. The van der Waals surface area contributed by atoms with Gasteiger partial charge in [-0.15, -0.1) is 0 Å². The van der Waals surface area contributed by atoms with Crippen LogP contribution in [0, 0.1) is 18.6 Å². The Morgan fingerprint density at radius 2 is 1.77 bits per heavy atom. The number of halogens is 2. The molecule has 0 atom stereocenters. The van der Waals surface area contributed by atoms with Gasteiger partial charge in [-0.3, -0.25) is 4.79 Å². The fourth-order valence-electron chi connectivity index (χ4n) is 2.60. The third-order valence-corrected chi connectivity index (χ3v) is 3.77. The molecule has 0 aliphatic rings. The van der Waals surface area contributed by atoms with E-state index in [4.69, 9.17) is 0 Å². The molecular formula is C17H13F2NO2. The van der Waals surface area contributed by atoms with Crippen molar-refractivity contribution >= 4 is 10.9 Å². The number of aryl methyl sites for hydroxylation is 1. The molecule has 0 saturated carbocycles. The van der Waals surface area contributed by atoms with Gasteiger partial charge in [0.2, 0.25) is 0 Å². The maximum atomic E-state index is 13.8. The lowest BCUT2D eigenvalue weighted by molar-refractivity contribution is 0.479. The number of fused-ring (bicyclic) bond motifs is 1. The first-order chi connectivity index (χ1) is 10.5. The topological polar surface area (TPSA) is 53.1 Å². The van der Waals surface area contributed by atoms with Crippen molar-refractivity contribution in [1.29, 1.82) is 0 Å². The Bertz CT molecular complexity index is 915. The molecule has 0 aliphatic carbocycles. The van der Waals surface area contributed by atoms with Crippen molar-refractivity contribution in [3.05, 3.63) is 75.1 Å². The number of H-pyrrole nitrogens is 1. The van der Waals surface area contributed by atoms with Gasteiger partial charge in [0, 0.05) is 17.4 Å². The molecule has 0 saturated heterocycles. The number of phenolic OH excluding ortho intramolecular Hbond substituents is 1. The first kappa shape index (κ1) is 14.3. The van der Waals surface area contributed by atoms with Gasteiger partial charge >= 0.3 is 0 Å². The molecule has 0 radical (unpaired) electrons. The summed E-state index contributed by atoms with van der Waals surface area (Å²) in [6.07, 6.45) is 0.271. The summed E-state index contributed by atoms with van der Waals surface area (Å²) >= 11 is 0. The van der Waals surface area contributed by atoms with E-state index in [0.29, 0.717) is 11.1 Å². The molecule has 1 aromatic heterocycles. The molecule has 3 aromatic rings. The number of aromatic nitrogens is 1. The van der Waals surface area contributed by atoms with Crippen LogP contribution in [0.4, 0.5) is 8.78 Å². The van der Waals surface area contributed by atoms with Crippen molar-refractivity contribution in [2.24, 2.45) is 0 Å². The summed E-state index contributed by atoms with van der Waals surface area (Å²) in [5.74, 6) is -1.04. The molecule has 0 bridgehead atoms. The molecule has 0 aliphatic heterocycles. The SMILES string of the molecule is Cc1c(Cc2ccc(F)cc2)c(=O)[nH]c2c(F)ccc(O)c12. The number of rotatable bonds is 2. The fraction of sp³-hybridized carbons (Fsp3) is 0.118. The van der Waals surface area contributed by atoms with Crippen LogP contribution in [0.25, 0.3) is 10.9 Å². The van der Waals surface area contributed by atoms with Crippen molar-refractivity contribution in [3.8, 4) is 5.75 Å². The van der Waals surface area contributed by atoms with Gasteiger partial charge in [-0.1, -0.05) is 12.1 Å². The molecule has 3 rings (SSSR count). The quantitative estimate of drug-likeness (QED) is 0.762. The highest BCUT2D eigenvalue weighted by Gasteiger charge is 2.15. The Morgan fingerprint density at radius 3 is 2.45 bits per heavy atom. The third-order valence-electron chi connectivity index (χ3n) is 3.77. The molecule has 0 fully saturated rings. The minimum Gasteiger partial charge on any atom is -0.507 e. The van der Waals surface area contributed by atoms with Crippen molar-refractivity contribution in [2.45, 2.75) is 13.3 Å². The Morgan fingerprint density at radius 1 is 1.09 bits per heavy atom. The Balaban J connectivity index is 2.20. The molecule has 2 N–H and O–H groups in total. The lowest BCUT2D eigenvalue weighted by atomic mass is 9.98. The van der Waals surface area contributed by atoms with Gasteiger partial charge < -0.3 is 10.1 Å². The summed E-state index contributed by atoms with van der Waals surface area (Å²) in [6, 6.07) is 8.17. The number of aromatic hydroxyl groups is 1. The van der Waals surface area contributed by atoms with E-state index in [-0.39, 0.29) is 28.9 Å². The Hall–Kier alpha value is -2.69. The molecule has 2 aromatic carbocycles. The zero-order valence-corrected chi connectivity index (χ0v) is 11.8. The molecule has 22 heavy (non-hydrogen) atoms. The zero-order valence-electron chi connectivity index (χ0n) is 11.8. The number of nitrogens with one attached hydrogen (secondary N) is 1. The van der Waals surface area contributed by atoms with Crippen LogP contribution < -0.4 is 5.56 Å². The van der Waals surface area contributed by atoms with Gasteiger partial charge in [0.15, 0.2) is 0 Å². The van der Waals surface area contributed by atoms with Crippen LogP contribution in [-0.2, 0) is 6.42 Å². The maximum absolute atomic E-state index is 13.8. The lowest BCUT2D eigenvalue weighted by Crippen LogP contribution is -2.16. The van der Waals surface area contributed by atoms with E-state index in [1.54, 1.807) is 19.1 Å². The number of hydrogen-bond donors (Lipinski definition) is 2. The summed E-state index contributed by atoms with van der Waals surface area (Å²) in [7, 11) is 0. The smallest absolute Gasteiger partial charge is 0.252 e. The zero-order chi connectivity index (χ0) is 15.9. The van der Waals surface area contributed by atoms with E-state index in [2.05, 4.69) is 4.98 Å². The van der Waals surface area contributed by atoms with Gasteiger partial charge in [-0.25, -0.2) is 8.78 Å². The van der Waals surface area contributed by atoms with E-state index < -0.39 is 11.4 Å². The lowest BCUT2D eigenvalue weighted by Gasteiger charge is -2.11. The minimum absolute atomic E-state index is 0.00893. The molecular weight excluding hydrogens is 288 g/mol. The van der Waals surface area contributed by atoms with Crippen LogP contribution >= 0.6 is 0 Å². The van der Waals surface area contributed by atoms with Gasteiger partial charge in [0.25, 0.3) is 5.56 Å². The first-order valence-corrected chi connectivity index (χ1v) is 6.74. The van der Waals surface area contributed by atoms with Gasteiger partial charge in [0.1, 0.15) is 17.4 Å². The fourth-order valence-corrected chi connectivity index (χ4v) is 2.60. The average Bonchev–Trinajstić information content (AvgIpc) is 2.49. The number of aromatic amines is 1. The Kier molecular flexibility index (Phi) is 3.41. The monoisotopic (exact) mass is 301 g/mol. The number of hydrogen-bond acceptors (Lipinski definition) is 2. The van der Waals surface area contributed by atoms with Crippen LogP contribution in [0.5, 0.6) is 5.75 Å². The molecule has 112 valence electrons. The van der Waals surface area contributed by atoms with Crippen LogP contribution in [0.2, 0.25) is 0 Å². The maximum Gasteiger partial charge on any atom is 0.252 e. The van der Waals surface area contributed by atoms with Crippen molar-refractivity contribution in [2.75, 3.05) is 0 Å². The number of pyridine rings is 1. The van der Waals surface area contributed by atoms with Crippen LogP contribution in [-0.4, -0.2) is 10.1 Å². The summed E-state index contributed by atoms with van der Waals surface area (Å²) < 4.78 is 26.8. The van der Waals surface area contributed by atoms with E-state index in [1.165, 1.54) is 18.2 Å². The second-order valence-corrected chi connectivity index (χ2v) is 5.18.